The number of allylic oxidation sites excluding steroid dienone is 2. The zero-order chi connectivity index (χ0) is 30.2. The number of methoxy groups -OCH3 is 1. The molecule has 2 amide bonds. The third-order valence-corrected chi connectivity index (χ3v) is 9.07. The van der Waals surface area contributed by atoms with Crippen molar-refractivity contribution in [2.45, 2.75) is 96.6 Å². The van der Waals surface area contributed by atoms with Crippen LogP contribution in [0.4, 0.5) is 4.79 Å². The zero-order valence-corrected chi connectivity index (χ0v) is 26.4. The first kappa shape index (κ1) is 30.3. The maximum atomic E-state index is 13.9. The van der Waals surface area contributed by atoms with E-state index in [1.165, 1.54) is 5.57 Å². The fourth-order valence-electron chi connectivity index (χ4n) is 7.11. The molecule has 2 fully saturated rings. The molecule has 0 aromatic heterocycles. The van der Waals surface area contributed by atoms with E-state index in [1.54, 1.807) is 7.11 Å². The molecule has 1 N–H and O–H groups in total. The normalized spacial score (nSPS) is 29.7. The van der Waals surface area contributed by atoms with Crippen LogP contribution in [0.1, 0.15) is 66.7 Å². The Hall–Kier alpha value is -3.14. The van der Waals surface area contributed by atoms with E-state index in [4.69, 9.17) is 14.5 Å². The van der Waals surface area contributed by atoms with Crippen LogP contribution in [0.15, 0.2) is 44.7 Å². The average molecular weight is 581 g/mol. The summed E-state index contributed by atoms with van der Waals surface area (Å²) >= 11 is 0. The van der Waals surface area contributed by atoms with E-state index >= 15 is 0 Å². The van der Waals surface area contributed by atoms with Gasteiger partial charge < -0.3 is 29.5 Å². The second-order valence-corrected chi connectivity index (χ2v) is 13.1. The Morgan fingerprint density at radius 3 is 2.69 bits per heavy atom. The largest absolute Gasteiger partial charge is 0.444 e. The van der Waals surface area contributed by atoms with Crippen molar-refractivity contribution < 1.29 is 19.1 Å². The minimum Gasteiger partial charge on any atom is -0.444 e. The average Bonchev–Trinajstić information content (AvgIpc) is 3.53. The quantitative estimate of drug-likeness (QED) is 0.512. The van der Waals surface area contributed by atoms with Crippen molar-refractivity contribution in [1.82, 2.24) is 20.0 Å². The summed E-state index contributed by atoms with van der Waals surface area (Å²) in [6.45, 7) is 12.6. The second-order valence-electron chi connectivity index (χ2n) is 13.1. The van der Waals surface area contributed by atoms with E-state index in [0.29, 0.717) is 32.0 Å². The Labute approximate surface area is 250 Å². The van der Waals surface area contributed by atoms with Crippen LogP contribution in [0.2, 0.25) is 0 Å². The predicted molar refractivity (Wildman–Crippen MR) is 164 cm³/mol. The summed E-state index contributed by atoms with van der Waals surface area (Å²) in [6, 6.07) is -0.0518. The van der Waals surface area contributed by atoms with Gasteiger partial charge in [0.05, 0.1) is 24.2 Å². The Balaban J connectivity index is 1.31. The fraction of sp³-hybridized carbons (Fsp3) is 0.688. The summed E-state index contributed by atoms with van der Waals surface area (Å²) in [5.74, 6) is 2.31. The number of amidine groups is 1. The van der Waals surface area contributed by atoms with Crippen molar-refractivity contribution in [1.29, 1.82) is 0 Å². The number of fused-ring (bicyclic) bond motifs is 2. The molecule has 5 aliphatic rings. The molecule has 0 spiro atoms. The first-order valence-corrected chi connectivity index (χ1v) is 15.5. The lowest BCUT2D eigenvalue weighted by atomic mass is 9.86. The van der Waals surface area contributed by atoms with E-state index in [0.717, 1.165) is 55.0 Å². The Bertz CT molecular complexity index is 1230. The lowest BCUT2D eigenvalue weighted by Gasteiger charge is -2.40. The number of carbonyl (C=O) groups is 2. The molecule has 5 rings (SSSR count). The number of carbonyl (C=O) groups excluding carboxylic acids is 2. The minimum absolute atomic E-state index is 0.00625. The third kappa shape index (κ3) is 6.14. The van der Waals surface area contributed by atoms with Gasteiger partial charge in [0.1, 0.15) is 17.3 Å². The van der Waals surface area contributed by atoms with Crippen LogP contribution in [0.25, 0.3) is 0 Å². The molecular weight excluding hydrogens is 532 g/mol. The van der Waals surface area contributed by atoms with Gasteiger partial charge in [-0.25, -0.2) is 9.79 Å². The highest BCUT2D eigenvalue weighted by Gasteiger charge is 2.46. The standard InChI is InChI=1S/C32H48N6O4/c1-8-33-28-22(10-9-13-34-28)16-20(2)29-35-24-17-23(18-26(41-7)27(24)36(29)6)30(39)37-14-11-21-12-15-38(25(21)19-37)31(40)42-32(3,4)5/h13,16,18,21,24-27,33H,8-12,14-15,17,19H2,1-7H3/b20-16+. The Morgan fingerprint density at radius 1 is 1.21 bits per heavy atom. The molecule has 5 unspecified atom stereocenters. The minimum atomic E-state index is -0.546. The molecule has 0 radical (unpaired) electrons. The molecule has 10 heteroatoms. The Kier molecular flexibility index (Phi) is 8.83. The lowest BCUT2D eigenvalue weighted by Crippen LogP contribution is -2.53. The second kappa shape index (κ2) is 12.2. The van der Waals surface area contributed by atoms with Crippen molar-refractivity contribution in [2.24, 2.45) is 15.9 Å². The molecule has 4 aliphatic heterocycles. The molecule has 0 aromatic carbocycles. The van der Waals surface area contributed by atoms with Crippen LogP contribution in [-0.4, -0.2) is 109 Å². The third-order valence-electron chi connectivity index (χ3n) is 9.07. The van der Waals surface area contributed by atoms with Crippen molar-refractivity contribution in [3.8, 4) is 0 Å². The van der Waals surface area contributed by atoms with Gasteiger partial charge in [0.15, 0.2) is 0 Å². The van der Waals surface area contributed by atoms with Crippen LogP contribution in [-0.2, 0) is 14.3 Å². The van der Waals surface area contributed by atoms with Crippen LogP contribution in [0, 0.1) is 5.92 Å². The first-order chi connectivity index (χ1) is 20.0. The zero-order valence-electron chi connectivity index (χ0n) is 26.4. The van der Waals surface area contributed by atoms with E-state index in [9.17, 15) is 9.59 Å². The number of rotatable bonds is 6. The van der Waals surface area contributed by atoms with Gasteiger partial charge >= 0.3 is 6.09 Å². The monoisotopic (exact) mass is 580 g/mol. The van der Waals surface area contributed by atoms with Crippen LogP contribution in [0.5, 0.6) is 0 Å². The lowest BCUT2D eigenvalue weighted by molar-refractivity contribution is -0.130. The van der Waals surface area contributed by atoms with Gasteiger partial charge in [-0.05, 0) is 89.5 Å². The molecule has 10 nitrogen and oxygen atoms in total. The fourth-order valence-corrected chi connectivity index (χ4v) is 7.11. The number of ether oxygens (including phenoxy) is 2. The number of hydrogen-bond acceptors (Lipinski definition) is 8. The van der Waals surface area contributed by atoms with Gasteiger partial charge in [-0.2, -0.15) is 0 Å². The van der Waals surface area contributed by atoms with Crippen LogP contribution >= 0.6 is 0 Å². The SMILES string of the molecule is CCNC1=C(/C=C(\C)C2=NC3CC(C(=O)N4CCC5CCN(C(=O)OC(C)(C)C)C5C4)=CC(OC)C3N2C)CCC=N1. The summed E-state index contributed by atoms with van der Waals surface area (Å²) in [5, 5.41) is 3.37. The smallest absolute Gasteiger partial charge is 0.410 e. The Morgan fingerprint density at radius 2 is 1.98 bits per heavy atom. The molecule has 5 atom stereocenters. The van der Waals surface area contributed by atoms with Gasteiger partial charge in [0.2, 0.25) is 5.91 Å². The molecule has 0 saturated carbocycles. The molecule has 0 aromatic rings. The number of nitrogens with zero attached hydrogens (tertiary/aromatic N) is 5. The first-order valence-electron chi connectivity index (χ1n) is 15.5. The van der Waals surface area contributed by atoms with Gasteiger partial charge in [0.25, 0.3) is 0 Å². The summed E-state index contributed by atoms with van der Waals surface area (Å²) in [6.07, 6.45) is 9.93. The van der Waals surface area contributed by atoms with Crippen molar-refractivity contribution in [2.75, 3.05) is 40.3 Å². The molecule has 1 aliphatic carbocycles. The van der Waals surface area contributed by atoms with E-state index in [-0.39, 0.29) is 36.2 Å². The summed E-state index contributed by atoms with van der Waals surface area (Å²) < 4.78 is 11.6. The van der Waals surface area contributed by atoms with E-state index < -0.39 is 5.60 Å². The highest BCUT2D eigenvalue weighted by atomic mass is 16.6. The van der Waals surface area contributed by atoms with E-state index in [1.807, 2.05) is 42.9 Å². The number of piperidine rings is 1. The highest BCUT2D eigenvalue weighted by Crippen LogP contribution is 2.37. The molecule has 2 saturated heterocycles. The maximum absolute atomic E-state index is 13.9. The molecule has 42 heavy (non-hydrogen) atoms. The van der Waals surface area contributed by atoms with Gasteiger partial charge in [-0.1, -0.05) is 0 Å². The molecular formula is C32H48N6O4. The van der Waals surface area contributed by atoms with Crippen LogP contribution < -0.4 is 5.32 Å². The molecule has 230 valence electrons. The van der Waals surface area contributed by atoms with Crippen LogP contribution in [0.3, 0.4) is 0 Å². The van der Waals surface area contributed by atoms with Gasteiger partial charge in [-0.3, -0.25) is 9.79 Å². The van der Waals surface area contributed by atoms with Gasteiger partial charge in [0, 0.05) is 58.5 Å². The predicted octanol–water partition coefficient (Wildman–Crippen LogP) is 3.90. The number of aliphatic imine (C=N–C) groups is 2. The number of likely N-dealkylation sites (tertiary alicyclic amines) is 2. The molecule has 4 heterocycles. The van der Waals surface area contributed by atoms with Crippen molar-refractivity contribution in [3.05, 3.63) is 34.7 Å². The topological polar surface area (TPSA) is 99.1 Å². The molecule has 0 bridgehead atoms. The number of likely N-dealkylation sites (N-methyl/N-ethyl adjacent to an activating group) is 1. The van der Waals surface area contributed by atoms with Gasteiger partial charge in [-0.15, -0.1) is 0 Å². The number of hydrogen-bond donors (Lipinski definition) is 1. The van der Waals surface area contributed by atoms with Crippen molar-refractivity contribution >= 4 is 24.1 Å². The number of amides is 2. The van der Waals surface area contributed by atoms with Crippen molar-refractivity contribution in [3.63, 3.8) is 0 Å². The maximum Gasteiger partial charge on any atom is 0.410 e. The summed E-state index contributed by atoms with van der Waals surface area (Å²) in [5.41, 5.74) is 2.48. The van der Waals surface area contributed by atoms with E-state index in [2.05, 4.69) is 42.2 Å². The summed E-state index contributed by atoms with van der Waals surface area (Å²) in [4.78, 5) is 42.6. The highest BCUT2D eigenvalue weighted by molar-refractivity contribution is 6.00. The summed E-state index contributed by atoms with van der Waals surface area (Å²) in [7, 11) is 3.78. The number of nitrogens with one attached hydrogen (secondary N) is 1.